The molecule has 5 N–H and O–H groups in total. The SMILES string of the molecule is CC(C)(C)n1cc(-c2cccc(O)c2)c2c(N)ncnc21.CC(C)(C)n1cc(-c2cccc(OS(=O)(=O)F)c2)c2c(N)ncnc21. The van der Waals surface area contributed by atoms with Crippen LogP contribution in [0.15, 0.2) is 73.6 Å². The maximum atomic E-state index is 12.8. The predicted octanol–water partition coefficient (Wildman–Crippen LogP) is 6.17. The van der Waals surface area contributed by atoms with Gasteiger partial charge in [-0.1, -0.05) is 28.2 Å². The van der Waals surface area contributed by atoms with Crippen LogP contribution < -0.4 is 15.7 Å². The van der Waals surface area contributed by atoms with Gasteiger partial charge in [0.1, 0.15) is 47.1 Å². The monoisotopic (exact) mass is 646 g/mol. The third kappa shape index (κ3) is 6.56. The topological polar surface area (TPSA) is 177 Å². The Kier molecular flexibility index (Phi) is 8.11. The molecule has 0 aliphatic carbocycles. The molecule has 4 heterocycles. The molecule has 0 aliphatic heterocycles. The van der Waals surface area contributed by atoms with Crippen LogP contribution in [0.1, 0.15) is 41.5 Å². The predicted molar refractivity (Wildman–Crippen MR) is 177 cm³/mol. The van der Waals surface area contributed by atoms with Gasteiger partial charge in [0.15, 0.2) is 0 Å². The van der Waals surface area contributed by atoms with Crippen molar-refractivity contribution in [1.29, 1.82) is 0 Å². The van der Waals surface area contributed by atoms with E-state index in [0.717, 1.165) is 22.2 Å². The van der Waals surface area contributed by atoms with E-state index in [-0.39, 0.29) is 22.6 Å². The van der Waals surface area contributed by atoms with E-state index in [1.807, 2.05) is 49.9 Å². The minimum absolute atomic E-state index is 0.131. The van der Waals surface area contributed by atoms with Crippen molar-refractivity contribution in [2.45, 2.75) is 52.6 Å². The second kappa shape index (κ2) is 11.6. The molecule has 0 unspecified atom stereocenters. The van der Waals surface area contributed by atoms with Gasteiger partial charge in [0.25, 0.3) is 0 Å². The number of aromatic hydroxyl groups is 1. The number of nitrogen functional groups attached to an aromatic ring is 2. The molecule has 0 saturated heterocycles. The lowest BCUT2D eigenvalue weighted by atomic mass is 10.1. The highest BCUT2D eigenvalue weighted by atomic mass is 32.3. The summed E-state index contributed by atoms with van der Waals surface area (Å²) >= 11 is 0. The number of hydrogen-bond acceptors (Lipinski definition) is 10. The Morgan fingerprint density at radius 1 is 0.739 bits per heavy atom. The van der Waals surface area contributed by atoms with Gasteiger partial charge in [-0.3, -0.25) is 0 Å². The molecule has 240 valence electrons. The molecule has 0 amide bonds. The van der Waals surface area contributed by atoms with Gasteiger partial charge < -0.3 is 29.9 Å². The first-order valence-electron chi connectivity index (χ1n) is 14.2. The van der Waals surface area contributed by atoms with Crippen molar-refractivity contribution in [3.63, 3.8) is 0 Å². The minimum atomic E-state index is -5.10. The van der Waals surface area contributed by atoms with E-state index >= 15 is 0 Å². The average molecular weight is 647 g/mol. The lowest BCUT2D eigenvalue weighted by Crippen LogP contribution is -2.21. The van der Waals surface area contributed by atoms with E-state index in [9.17, 15) is 17.4 Å². The number of aromatic nitrogens is 6. The number of hydrogen-bond donors (Lipinski definition) is 3. The Morgan fingerprint density at radius 3 is 1.63 bits per heavy atom. The lowest BCUT2D eigenvalue weighted by molar-refractivity contribution is 0.408. The number of phenols is 1. The summed E-state index contributed by atoms with van der Waals surface area (Å²) in [5.41, 5.74) is 16.3. The molecule has 0 saturated carbocycles. The van der Waals surface area contributed by atoms with Crippen molar-refractivity contribution in [3.8, 4) is 33.8 Å². The Labute approximate surface area is 265 Å². The van der Waals surface area contributed by atoms with Gasteiger partial charge in [0.05, 0.1) is 10.8 Å². The highest BCUT2D eigenvalue weighted by Crippen LogP contribution is 2.38. The molecule has 0 atom stereocenters. The zero-order valence-corrected chi connectivity index (χ0v) is 27.0. The second-order valence-corrected chi connectivity index (χ2v) is 13.6. The maximum Gasteiger partial charge on any atom is 0.488 e. The Morgan fingerprint density at radius 2 is 1.20 bits per heavy atom. The Balaban J connectivity index is 0.000000184. The molecule has 14 heteroatoms. The molecule has 0 bridgehead atoms. The van der Waals surface area contributed by atoms with Crippen LogP contribution in [-0.2, 0) is 21.6 Å². The van der Waals surface area contributed by atoms with Crippen molar-refractivity contribution in [3.05, 3.63) is 73.6 Å². The van der Waals surface area contributed by atoms with Crippen LogP contribution in [0.3, 0.4) is 0 Å². The van der Waals surface area contributed by atoms with Crippen molar-refractivity contribution >= 4 is 44.2 Å². The minimum Gasteiger partial charge on any atom is -0.508 e. The Bertz CT molecular complexity index is 2180. The highest BCUT2D eigenvalue weighted by molar-refractivity contribution is 7.81. The molecule has 4 aromatic heterocycles. The van der Waals surface area contributed by atoms with Crippen LogP contribution in [-0.4, -0.2) is 42.6 Å². The number of rotatable bonds is 4. The quantitative estimate of drug-likeness (QED) is 0.188. The second-order valence-electron chi connectivity index (χ2n) is 12.6. The summed E-state index contributed by atoms with van der Waals surface area (Å²) in [6, 6.07) is 13.2. The van der Waals surface area contributed by atoms with Crippen LogP contribution in [0.25, 0.3) is 44.3 Å². The maximum absolute atomic E-state index is 12.8. The van der Waals surface area contributed by atoms with Gasteiger partial charge in [-0.05, 0) is 76.9 Å². The molecule has 0 fully saturated rings. The first kappa shape index (κ1) is 32.2. The van der Waals surface area contributed by atoms with Gasteiger partial charge in [-0.25, -0.2) is 19.9 Å². The van der Waals surface area contributed by atoms with E-state index in [1.165, 1.54) is 24.8 Å². The van der Waals surface area contributed by atoms with Gasteiger partial charge in [0.2, 0.25) is 0 Å². The first-order chi connectivity index (χ1) is 21.4. The number of benzene rings is 2. The van der Waals surface area contributed by atoms with Crippen LogP contribution >= 0.6 is 0 Å². The van der Waals surface area contributed by atoms with Gasteiger partial charge in [0, 0.05) is 34.6 Å². The molecular weight excluding hydrogens is 611 g/mol. The van der Waals surface area contributed by atoms with E-state index < -0.39 is 10.5 Å². The van der Waals surface area contributed by atoms with Crippen molar-refractivity contribution < 1.29 is 21.6 Å². The van der Waals surface area contributed by atoms with Crippen LogP contribution in [0.5, 0.6) is 11.5 Å². The first-order valence-corrected chi connectivity index (χ1v) is 15.5. The molecule has 2 aromatic carbocycles. The largest absolute Gasteiger partial charge is 0.508 e. The standard InChI is InChI=1S/C16H17FN4O3S.C16H18N4O/c1-16(2,3)21-8-12(13-14(18)19-9-20-15(13)21)10-5-4-6-11(7-10)24-25(17,22)23;1-16(2,3)20-8-12(10-5-4-6-11(21)7-10)13-14(17)18-9-19-15(13)20/h4-9H,1-3H3,(H2,18,19,20);4-9,21H,1-3H3,(H2,17,18,19). The number of phenolic OH excluding ortho intramolecular Hbond substituents is 1. The van der Waals surface area contributed by atoms with Crippen LogP contribution in [0, 0.1) is 0 Å². The van der Waals surface area contributed by atoms with Crippen LogP contribution in [0.4, 0.5) is 15.5 Å². The third-order valence-corrected chi connectivity index (χ3v) is 7.56. The third-order valence-electron chi connectivity index (χ3n) is 7.17. The summed E-state index contributed by atoms with van der Waals surface area (Å²) in [6.45, 7) is 12.4. The smallest absolute Gasteiger partial charge is 0.488 e. The number of fused-ring (bicyclic) bond motifs is 2. The summed E-state index contributed by atoms with van der Waals surface area (Å²) in [5, 5.41) is 11.2. The van der Waals surface area contributed by atoms with E-state index in [2.05, 4.69) is 49.5 Å². The summed E-state index contributed by atoms with van der Waals surface area (Å²) < 4.78 is 42.6. The van der Waals surface area contributed by atoms with E-state index in [4.69, 9.17) is 11.5 Å². The van der Waals surface area contributed by atoms with Gasteiger partial charge in [-0.15, -0.1) is 0 Å². The molecule has 6 rings (SSSR count). The molecular formula is C32H35FN8O4S. The van der Waals surface area contributed by atoms with Crippen molar-refractivity contribution in [2.75, 3.05) is 11.5 Å². The number of nitrogens with zero attached hydrogens (tertiary/aromatic N) is 6. The van der Waals surface area contributed by atoms with E-state index in [1.54, 1.807) is 24.3 Å². The Hall–Kier alpha value is -5.24. The number of nitrogens with two attached hydrogens (primary N) is 2. The fourth-order valence-electron chi connectivity index (χ4n) is 5.13. The number of anilines is 2. The highest BCUT2D eigenvalue weighted by Gasteiger charge is 2.23. The zero-order chi connectivity index (χ0) is 33.6. The molecule has 6 aromatic rings. The zero-order valence-electron chi connectivity index (χ0n) is 26.2. The van der Waals surface area contributed by atoms with Crippen molar-refractivity contribution in [2.24, 2.45) is 0 Å². The fraction of sp³-hybridized carbons (Fsp3) is 0.250. The summed E-state index contributed by atoms with van der Waals surface area (Å²) in [7, 11) is -5.10. The van der Waals surface area contributed by atoms with Crippen molar-refractivity contribution in [1.82, 2.24) is 29.1 Å². The summed E-state index contributed by atoms with van der Waals surface area (Å²) in [4.78, 5) is 16.8. The molecule has 46 heavy (non-hydrogen) atoms. The van der Waals surface area contributed by atoms with E-state index in [0.29, 0.717) is 33.8 Å². The summed E-state index contributed by atoms with van der Waals surface area (Å²) in [5.74, 6) is 0.834. The van der Waals surface area contributed by atoms with Crippen LogP contribution in [0.2, 0.25) is 0 Å². The normalized spacial score (nSPS) is 12.2. The average Bonchev–Trinajstić information content (AvgIpc) is 3.54. The van der Waals surface area contributed by atoms with Gasteiger partial charge in [-0.2, -0.15) is 8.42 Å². The lowest BCUT2D eigenvalue weighted by Gasteiger charge is -2.21. The van der Waals surface area contributed by atoms with Gasteiger partial charge >= 0.3 is 10.5 Å². The molecule has 0 spiro atoms. The fourth-order valence-corrected chi connectivity index (χ4v) is 5.47. The number of halogens is 1. The molecule has 0 aliphatic rings. The molecule has 0 radical (unpaired) electrons. The molecule has 12 nitrogen and oxygen atoms in total. The summed E-state index contributed by atoms with van der Waals surface area (Å²) in [6.07, 6.45) is 6.74.